The van der Waals surface area contributed by atoms with Gasteiger partial charge in [0.1, 0.15) is 6.10 Å². The number of amides is 1. The van der Waals surface area contributed by atoms with E-state index in [9.17, 15) is 9.59 Å². The Morgan fingerprint density at radius 1 is 1.18 bits per heavy atom. The van der Waals surface area contributed by atoms with E-state index >= 15 is 0 Å². The Morgan fingerprint density at radius 3 is 2.77 bits per heavy atom. The summed E-state index contributed by atoms with van der Waals surface area (Å²) in [5.74, 6) is -0.267. The lowest BCUT2D eigenvalue weighted by molar-refractivity contribution is -0.150. The van der Waals surface area contributed by atoms with Crippen LogP contribution >= 0.6 is 0 Å². The van der Waals surface area contributed by atoms with Gasteiger partial charge in [-0.1, -0.05) is 24.6 Å². The zero-order valence-electron chi connectivity index (χ0n) is 12.8. The van der Waals surface area contributed by atoms with Crippen LogP contribution in [0.25, 0.3) is 0 Å². The molecule has 0 unspecified atom stereocenters. The van der Waals surface area contributed by atoms with E-state index in [1.54, 1.807) is 0 Å². The van der Waals surface area contributed by atoms with Crippen LogP contribution in [0.2, 0.25) is 0 Å². The fourth-order valence-corrected chi connectivity index (χ4v) is 3.37. The quantitative estimate of drug-likeness (QED) is 0.867. The molecule has 1 aliphatic heterocycles. The summed E-state index contributed by atoms with van der Waals surface area (Å²) in [4.78, 5) is 24.0. The van der Waals surface area contributed by atoms with Crippen LogP contribution < -0.4 is 5.32 Å². The Bertz CT molecular complexity index is 549. The highest BCUT2D eigenvalue weighted by molar-refractivity contribution is 5.95. The largest absolute Gasteiger partial charge is 0.462 e. The van der Waals surface area contributed by atoms with Gasteiger partial charge in [-0.15, -0.1) is 0 Å². The first kappa shape index (κ1) is 15.1. The van der Waals surface area contributed by atoms with Crippen molar-refractivity contribution in [2.75, 3.05) is 5.32 Å². The summed E-state index contributed by atoms with van der Waals surface area (Å²) in [6.07, 6.45) is 7.23. The first-order chi connectivity index (χ1) is 10.7. The molecule has 3 rings (SSSR count). The van der Waals surface area contributed by atoms with E-state index < -0.39 is 0 Å². The van der Waals surface area contributed by atoms with Crippen LogP contribution in [-0.2, 0) is 20.7 Å². The summed E-state index contributed by atoms with van der Waals surface area (Å²) in [5, 5.41) is 2.92. The number of fused-ring (bicyclic) bond motifs is 1. The molecule has 1 atom stereocenters. The molecule has 4 nitrogen and oxygen atoms in total. The highest BCUT2D eigenvalue weighted by Gasteiger charge is 2.27. The highest BCUT2D eigenvalue weighted by atomic mass is 16.5. The molecule has 0 spiro atoms. The van der Waals surface area contributed by atoms with Gasteiger partial charge >= 0.3 is 5.97 Å². The molecular weight excluding hydrogens is 278 g/mol. The van der Waals surface area contributed by atoms with Gasteiger partial charge in [0.05, 0.1) is 0 Å². The summed E-state index contributed by atoms with van der Waals surface area (Å²) >= 11 is 0. The Balaban J connectivity index is 1.49. The number of carbonyl (C=O) groups excluding carboxylic acids is 2. The number of anilines is 1. The van der Waals surface area contributed by atoms with Gasteiger partial charge in [0.25, 0.3) is 0 Å². The second kappa shape index (κ2) is 6.95. The molecule has 22 heavy (non-hydrogen) atoms. The SMILES string of the molecule is O=C(CC[C@H]1Cc2ccccc2NC1=O)OC1CCCCC1. The molecule has 0 radical (unpaired) electrons. The number of benzene rings is 1. The Labute approximate surface area is 131 Å². The molecule has 118 valence electrons. The minimum absolute atomic E-state index is 0.0177. The minimum Gasteiger partial charge on any atom is -0.462 e. The maximum absolute atomic E-state index is 12.1. The van der Waals surface area contributed by atoms with Crippen molar-refractivity contribution in [2.24, 2.45) is 5.92 Å². The summed E-state index contributed by atoms with van der Waals surface area (Å²) < 4.78 is 5.52. The fraction of sp³-hybridized carbons (Fsp3) is 0.556. The van der Waals surface area contributed by atoms with E-state index in [0.29, 0.717) is 19.3 Å². The fourth-order valence-electron chi connectivity index (χ4n) is 3.37. The van der Waals surface area contributed by atoms with Crippen molar-refractivity contribution in [1.82, 2.24) is 0 Å². The van der Waals surface area contributed by atoms with Crippen molar-refractivity contribution >= 4 is 17.6 Å². The highest BCUT2D eigenvalue weighted by Crippen LogP contribution is 2.28. The molecule has 1 fully saturated rings. The van der Waals surface area contributed by atoms with Crippen LogP contribution in [0.3, 0.4) is 0 Å². The normalized spacial score (nSPS) is 21.8. The van der Waals surface area contributed by atoms with Gasteiger partial charge in [-0.2, -0.15) is 0 Å². The van der Waals surface area contributed by atoms with Gasteiger partial charge in [0.15, 0.2) is 0 Å². The molecule has 1 amide bonds. The number of hydrogen-bond acceptors (Lipinski definition) is 3. The topological polar surface area (TPSA) is 55.4 Å². The number of rotatable bonds is 4. The lowest BCUT2D eigenvalue weighted by Gasteiger charge is -2.25. The maximum atomic E-state index is 12.1. The third-order valence-corrected chi connectivity index (χ3v) is 4.66. The van der Waals surface area contributed by atoms with Crippen LogP contribution in [0, 0.1) is 5.92 Å². The second-order valence-corrected chi connectivity index (χ2v) is 6.34. The van der Waals surface area contributed by atoms with Crippen molar-refractivity contribution in [3.05, 3.63) is 29.8 Å². The number of esters is 1. The number of hydrogen-bond donors (Lipinski definition) is 1. The average molecular weight is 301 g/mol. The van der Waals surface area contributed by atoms with Crippen LogP contribution in [0.4, 0.5) is 5.69 Å². The van der Waals surface area contributed by atoms with Gasteiger partial charge in [-0.05, 0) is 50.2 Å². The Kier molecular flexibility index (Phi) is 4.76. The Hall–Kier alpha value is -1.84. The zero-order valence-corrected chi connectivity index (χ0v) is 12.8. The molecule has 0 aromatic heterocycles. The molecule has 1 aliphatic carbocycles. The van der Waals surface area contributed by atoms with Gasteiger partial charge in [-0.25, -0.2) is 0 Å². The number of para-hydroxylation sites is 1. The van der Waals surface area contributed by atoms with Crippen molar-refractivity contribution in [3.8, 4) is 0 Å². The van der Waals surface area contributed by atoms with Crippen molar-refractivity contribution in [1.29, 1.82) is 0 Å². The molecule has 1 N–H and O–H groups in total. The molecule has 1 heterocycles. The standard InChI is InChI=1S/C18H23NO3/c20-17(22-15-7-2-1-3-8-15)11-10-14-12-13-6-4-5-9-16(13)19-18(14)21/h4-6,9,14-15H,1-3,7-8,10-12H2,(H,19,21)/t14-/m0/s1. The summed E-state index contributed by atoms with van der Waals surface area (Å²) in [5.41, 5.74) is 2.04. The van der Waals surface area contributed by atoms with E-state index in [4.69, 9.17) is 4.74 Å². The molecule has 1 aromatic carbocycles. The monoisotopic (exact) mass is 301 g/mol. The molecule has 2 aliphatic rings. The lowest BCUT2D eigenvalue weighted by atomic mass is 9.90. The molecular formula is C18H23NO3. The number of nitrogens with one attached hydrogen (secondary N) is 1. The van der Waals surface area contributed by atoms with Gasteiger partial charge < -0.3 is 10.1 Å². The van der Waals surface area contributed by atoms with Crippen molar-refractivity contribution < 1.29 is 14.3 Å². The average Bonchev–Trinajstić information content (AvgIpc) is 2.54. The molecule has 0 bridgehead atoms. The lowest BCUT2D eigenvalue weighted by Crippen LogP contribution is -2.30. The van der Waals surface area contributed by atoms with E-state index in [1.165, 1.54) is 6.42 Å². The number of carbonyl (C=O) groups is 2. The van der Waals surface area contributed by atoms with E-state index in [1.807, 2.05) is 24.3 Å². The first-order valence-corrected chi connectivity index (χ1v) is 8.30. The predicted octanol–water partition coefficient (Wildman–Crippen LogP) is 3.45. The number of ether oxygens (including phenoxy) is 1. The summed E-state index contributed by atoms with van der Waals surface area (Å²) in [6.45, 7) is 0. The summed E-state index contributed by atoms with van der Waals surface area (Å²) in [7, 11) is 0. The second-order valence-electron chi connectivity index (χ2n) is 6.34. The van der Waals surface area contributed by atoms with Crippen LogP contribution in [0.15, 0.2) is 24.3 Å². The van der Waals surface area contributed by atoms with E-state index in [0.717, 1.165) is 36.9 Å². The van der Waals surface area contributed by atoms with Crippen molar-refractivity contribution in [3.63, 3.8) is 0 Å². The first-order valence-electron chi connectivity index (χ1n) is 8.30. The van der Waals surface area contributed by atoms with Gasteiger partial charge in [-0.3, -0.25) is 9.59 Å². The van der Waals surface area contributed by atoms with E-state index in [-0.39, 0.29) is 23.9 Å². The van der Waals surface area contributed by atoms with Crippen LogP contribution in [0.5, 0.6) is 0 Å². The van der Waals surface area contributed by atoms with Crippen LogP contribution in [-0.4, -0.2) is 18.0 Å². The molecule has 1 saturated carbocycles. The Morgan fingerprint density at radius 2 is 1.95 bits per heavy atom. The molecule has 4 heteroatoms. The molecule has 1 aromatic rings. The predicted molar refractivity (Wildman–Crippen MR) is 84.5 cm³/mol. The smallest absolute Gasteiger partial charge is 0.306 e. The molecule has 0 saturated heterocycles. The van der Waals surface area contributed by atoms with Gasteiger partial charge in [0.2, 0.25) is 5.91 Å². The maximum Gasteiger partial charge on any atom is 0.306 e. The third-order valence-electron chi connectivity index (χ3n) is 4.66. The van der Waals surface area contributed by atoms with E-state index in [2.05, 4.69) is 5.32 Å². The van der Waals surface area contributed by atoms with Crippen LogP contribution in [0.1, 0.15) is 50.5 Å². The van der Waals surface area contributed by atoms with Crippen molar-refractivity contribution in [2.45, 2.75) is 57.5 Å². The zero-order chi connectivity index (χ0) is 15.4. The summed E-state index contributed by atoms with van der Waals surface area (Å²) in [6, 6.07) is 7.84. The van der Waals surface area contributed by atoms with Gasteiger partial charge in [0, 0.05) is 18.0 Å². The third kappa shape index (κ3) is 3.67. The minimum atomic E-state index is -0.154.